The molecule has 1 N–H and O–H groups in total. The van der Waals surface area contributed by atoms with Gasteiger partial charge < -0.3 is 5.32 Å². The molecule has 4 nitrogen and oxygen atoms in total. The van der Waals surface area contributed by atoms with Gasteiger partial charge in [0, 0.05) is 25.2 Å². The molecule has 1 saturated heterocycles. The maximum atomic E-state index is 11.5. The van der Waals surface area contributed by atoms with Crippen molar-refractivity contribution in [3.8, 4) is 0 Å². The second-order valence-corrected chi connectivity index (χ2v) is 7.66. The second-order valence-electron chi connectivity index (χ2n) is 5.68. The van der Waals surface area contributed by atoms with Gasteiger partial charge >= 0.3 is 0 Å². The van der Waals surface area contributed by atoms with Gasteiger partial charge in [-0.25, -0.2) is 12.7 Å². The highest BCUT2D eigenvalue weighted by Crippen LogP contribution is 2.20. The molecule has 0 amide bonds. The maximum Gasteiger partial charge on any atom is 0.211 e. The van der Waals surface area contributed by atoms with E-state index in [2.05, 4.69) is 43.4 Å². The minimum Gasteiger partial charge on any atom is -0.307 e. The number of rotatable bonds is 4. The largest absolute Gasteiger partial charge is 0.307 e. The van der Waals surface area contributed by atoms with Crippen LogP contribution in [0.25, 0.3) is 0 Å². The van der Waals surface area contributed by atoms with Gasteiger partial charge in [-0.3, -0.25) is 0 Å². The van der Waals surface area contributed by atoms with Crippen molar-refractivity contribution < 1.29 is 8.42 Å². The average molecular weight is 296 g/mol. The lowest BCUT2D eigenvalue weighted by Gasteiger charge is -2.32. The Balaban J connectivity index is 1.91. The third-order valence-electron chi connectivity index (χ3n) is 4.06. The van der Waals surface area contributed by atoms with E-state index in [1.165, 1.54) is 17.4 Å². The first-order chi connectivity index (χ1) is 9.38. The molecule has 5 heteroatoms. The van der Waals surface area contributed by atoms with Gasteiger partial charge in [0.1, 0.15) is 0 Å². The standard InChI is InChI=1S/C15H24N2O2S/c1-12-6-4-5-7-15(12)13(2)16-14-8-10-17(11-9-14)20(3,18)19/h4-7,13-14,16H,8-11H2,1-3H3. The highest BCUT2D eigenvalue weighted by molar-refractivity contribution is 7.88. The van der Waals surface area contributed by atoms with E-state index in [0.717, 1.165) is 12.8 Å². The zero-order valence-electron chi connectivity index (χ0n) is 12.5. The molecule has 1 aliphatic heterocycles. The Labute approximate surface area is 122 Å². The van der Waals surface area contributed by atoms with Gasteiger partial charge in [0.05, 0.1) is 6.26 Å². The summed E-state index contributed by atoms with van der Waals surface area (Å²) in [6.07, 6.45) is 3.04. The van der Waals surface area contributed by atoms with Gasteiger partial charge in [-0.1, -0.05) is 24.3 Å². The highest BCUT2D eigenvalue weighted by Gasteiger charge is 2.25. The molecule has 0 bridgehead atoms. The topological polar surface area (TPSA) is 49.4 Å². The predicted molar refractivity (Wildman–Crippen MR) is 82.2 cm³/mol. The van der Waals surface area contributed by atoms with Crippen LogP contribution < -0.4 is 5.32 Å². The highest BCUT2D eigenvalue weighted by atomic mass is 32.2. The predicted octanol–water partition coefficient (Wildman–Crippen LogP) is 2.07. The van der Waals surface area contributed by atoms with Crippen molar-refractivity contribution in [1.29, 1.82) is 0 Å². The van der Waals surface area contributed by atoms with Crippen molar-refractivity contribution in [1.82, 2.24) is 9.62 Å². The average Bonchev–Trinajstić information content (AvgIpc) is 2.38. The summed E-state index contributed by atoms with van der Waals surface area (Å²) >= 11 is 0. The monoisotopic (exact) mass is 296 g/mol. The molecule has 0 aliphatic carbocycles. The fourth-order valence-electron chi connectivity index (χ4n) is 2.87. The minimum absolute atomic E-state index is 0.297. The zero-order chi connectivity index (χ0) is 14.8. The third kappa shape index (κ3) is 3.81. The Morgan fingerprint density at radius 1 is 1.25 bits per heavy atom. The molecule has 0 spiro atoms. The molecule has 20 heavy (non-hydrogen) atoms. The van der Waals surface area contributed by atoms with Crippen molar-refractivity contribution in [3.05, 3.63) is 35.4 Å². The first-order valence-electron chi connectivity index (χ1n) is 7.14. The van der Waals surface area contributed by atoms with Crippen molar-refractivity contribution in [3.63, 3.8) is 0 Å². The van der Waals surface area contributed by atoms with Crippen LogP contribution in [-0.4, -0.2) is 38.1 Å². The SMILES string of the molecule is Cc1ccccc1C(C)NC1CCN(S(C)(=O)=O)CC1. The van der Waals surface area contributed by atoms with Crippen LogP contribution >= 0.6 is 0 Å². The Hall–Kier alpha value is -0.910. The lowest BCUT2D eigenvalue weighted by Crippen LogP contribution is -2.45. The van der Waals surface area contributed by atoms with E-state index in [0.29, 0.717) is 25.2 Å². The van der Waals surface area contributed by atoms with E-state index in [-0.39, 0.29) is 0 Å². The van der Waals surface area contributed by atoms with Crippen molar-refractivity contribution in [2.45, 2.75) is 38.8 Å². The fourth-order valence-corrected chi connectivity index (χ4v) is 3.74. The first-order valence-corrected chi connectivity index (χ1v) is 8.99. The molecule has 1 atom stereocenters. The molecule has 2 rings (SSSR count). The second kappa shape index (κ2) is 6.24. The van der Waals surface area contributed by atoms with Crippen LogP contribution in [-0.2, 0) is 10.0 Å². The van der Waals surface area contributed by atoms with E-state index in [1.807, 2.05) is 0 Å². The summed E-state index contributed by atoms with van der Waals surface area (Å²) in [4.78, 5) is 0. The Morgan fingerprint density at radius 2 is 1.85 bits per heavy atom. The molecule has 0 aromatic heterocycles. The number of aryl methyl sites for hydroxylation is 1. The Bertz CT molecular complexity index is 549. The molecule has 1 aromatic rings. The first kappa shape index (κ1) is 15.5. The number of hydrogen-bond donors (Lipinski definition) is 1. The smallest absolute Gasteiger partial charge is 0.211 e. The number of benzene rings is 1. The summed E-state index contributed by atoms with van der Waals surface area (Å²) in [6.45, 7) is 5.54. The summed E-state index contributed by atoms with van der Waals surface area (Å²) in [5.74, 6) is 0. The summed E-state index contributed by atoms with van der Waals surface area (Å²) < 4.78 is 24.5. The molecule has 1 heterocycles. The quantitative estimate of drug-likeness (QED) is 0.925. The maximum absolute atomic E-state index is 11.5. The fraction of sp³-hybridized carbons (Fsp3) is 0.600. The van der Waals surface area contributed by atoms with E-state index in [1.54, 1.807) is 4.31 Å². The van der Waals surface area contributed by atoms with Gasteiger partial charge in [0.25, 0.3) is 0 Å². The number of piperidine rings is 1. The summed E-state index contributed by atoms with van der Waals surface area (Å²) in [5, 5.41) is 3.63. The third-order valence-corrected chi connectivity index (χ3v) is 5.37. The van der Waals surface area contributed by atoms with Gasteiger partial charge in [-0.05, 0) is 37.8 Å². The molecule has 112 valence electrons. The van der Waals surface area contributed by atoms with Crippen LogP contribution in [0.5, 0.6) is 0 Å². The molecule has 1 aromatic carbocycles. The van der Waals surface area contributed by atoms with E-state index in [9.17, 15) is 8.42 Å². The van der Waals surface area contributed by atoms with Gasteiger partial charge in [-0.2, -0.15) is 0 Å². The minimum atomic E-state index is -3.03. The number of nitrogens with one attached hydrogen (secondary N) is 1. The van der Waals surface area contributed by atoms with Crippen LogP contribution in [0.1, 0.15) is 36.9 Å². The van der Waals surface area contributed by atoms with Crippen molar-refractivity contribution in [2.24, 2.45) is 0 Å². The van der Waals surface area contributed by atoms with Gasteiger partial charge in [-0.15, -0.1) is 0 Å². The number of hydrogen-bond acceptors (Lipinski definition) is 3. The normalized spacial score (nSPS) is 19.9. The van der Waals surface area contributed by atoms with Crippen LogP contribution in [0.4, 0.5) is 0 Å². The molecular weight excluding hydrogens is 272 g/mol. The molecule has 0 radical (unpaired) electrons. The molecule has 1 fully saturated rings. The summed E-state index contributed by atoms with van der Waals surface area (Å²) in [6, 6.07) is 9.08. The number of nitrogens with zero attached hydrogens (tertiary/aromatic N) is 1. The molecule has 1 unspecified atom stereocenters. The summed E-state index contributed by atoms with van der Waals surface area (Å²) in [5.41, 5.74) is 2.61. The molecule has 1 aliphatic rings. The Morgan fingerprint density at radius 3 is 2.40 bits per heavy atom. The van der Waals surface area contributed by atoms with Gasteiger partial charge in [0.2, 0.25) is 10.0 Å². The number of sulfonamides is 1. The molecular formula is C15H24N2O2S. The van der Waals surface area contributed by atoms with E-state index < -0.39 is 10.0 Å². The zero-order valence-corrected chi connectivity index (χ0v) is 13.3. The summed E-state index contributed by atoms with van der Waals surface area (Å²) in [7, 11) is -3.03. The van der Waals surface area contributed by atoms with Crippen LogP contribution in [0, 0.1) is 6.92 Å². The molecule has 0 saturated carbocycles. The van der Waals surface area contributed by atoms with Crippen LogP contribution in [0.15, 0.2) is 24.3 Å². The van der Waals surface area contributed by atoms with Gasteiger partial charge in [0.15, 0.2) is 0 Å². The lowest BCUT2D eigenvalue weighted by molar-refractivity contribution is 0.278. The van der Waals surface area contributed by atoms with Crippen LogP contribution in [0.3, 0.4) is 0 Å². The lowest BCUT2D eigenvalue weighted by atomic mass is 9.99. The Kier molecular flexibility index (Phi) is 4.83. The van der Waals surface area contributed by atoms with E-state index in [4.69, 9.17) is 0 Å². The van der Waals surface area contributed by atoms with Crippen molar-refractivity contribution >= 4 is 10.0 Å². The van der Waals surface area contributed by atoms with Crippen molar-refractivity contribution in [2.75, 3.05) is 19.3 Å². The van der Waals surface area contributed by atoms with E-state index >= 15 is 0 Å². The van der Waals surface area contributed by atoms with Crippen LogP contribution in [0.2, 0.25) is 0 Å².